The molecular formula is C17H25F2N3O3. The van der Waals surface area contributed by atoms with E-state index in [4.69, 9.17) is 0 Å². The van der Waals surface area contributed by atoms with Gasteiger partial charge >= 0.3 is 5.97 Å². The number of hydrogen-bond acceptors (Lipinski definition) is 4. The molecule has 6 nitrogen and oxygen atoms in total. The zero-order chi connectivity index (χ0) is 18.8. The average Bonchev–Trinajstić information content (AvgIpc) is 2.85. The molecule has 0 saturated carbocycles. The van der Waals surface area contributed by atoms with Gasteiger partial charge < -0.3 is 5.11 Å². The zero-order valence-corrected chi connectivity index (χ0v) is 14.8. The second-order valence-electron chi connectivity index (χ2n) is 7.18. The van der Waals surface area contributed by atoms with Gasteiger partial charge in [-0.3, -0.25) is 9.69 Å². The standard InChI is InChI=1S/C17H25F2N3O3/c1-11(2)8-14(16(24)25)22-15(23)12(3)9-13(20-22)4-6-21-7-5-17(18,19)10-21/h9,11,14H,4-8,10H2,1-3H3,(H,24,25). The largest absolute Gasteiger partial charge is 0.480 e. The van der Waals surface area contributed by atoms with E-state index in [0.717, 1.165) is 4.68 Å². The SMILES string of the molecule is Cc1cc(CCN2CCC(F)(F)C2)nn(C(CC(C)C)C(=O)O)c1=O. The Labute approximate surface area is 145 Å². The first-order chi connectivity index (χ1) is 11.6. The van der Waals surface area contributed by atoms with E-state index in [1.54, 1.807) is 17.9 Å². The Morgan fingerprint density at radius 2 is 2.12 bits per heavy atom. The van der Waals surface area contributed by atoms with Gasteiger partial charge in [0.05, 0.1) is 12.2 Å². The minimum Gasteiger partial charge on any atom is -0.480 e. The lowest BCUT2D eigenvalue weighted by atomic mass is 10.0. The number of aromatic nitrogens is 2. The number of likely N-dealkylation sites (tertiary alicyclic amines) is 1. The van der Waals surface area contributed by atoms with Crippen LogP contribution in [0, 0.1) is 12.8 Å². The second-order valence-corrected chi connectivity index (χ2v) is 7.18. The lowest BCUT2D eigenvalue weighted by Gasteiger charge is -2.19. The first kappa shape index (κ1) is 19.5. The van der Waals surface area contributed by atoms with E-state index in [9.17, 15) is 23.5 Å². The molecule has 0 amide bonds. The predicted octanol–water partition coefficient (Wildman–Crippen LogP) is 2.11. The highest BCUT2D eigenvalue weighted by molar-refractivity contribution is 5.71. The number of nitrogens with zero attached hydrogens (tertiary/aromatic N) is 3. The molecule has 2 heterocycles. The Morgan fingerprint density at radius 3 is 2.64 bits per heavy atom. The first-order valence-electron chi connectivity index (χ1n) is 8.51. The minimum atomic E-state index is -2.65. The van der Waals surface area contributed by atoms with Crippen molar-refractivity contribution in [3.05, 3.63) is 27.7 Å². The number of alkyl halides is 2. The molecule has 1 atom stereocenters. The van der Waals surface area contributed by atoms with Crippen molar-refractivity contribution in [2.75, 3.05) is 19.6 Å². The summed E-state index contributed by atoms with van der Waals surface area (Å²) in [6, 6.07) is 0.587. The molecule has 1 aliphatic heterocycles. The van der Waals surface area contributed by atoms with E-state index in [1.807, 2.05) is 13.8 Å². The van der Waals surface area contributed by atoms with Crippen molar-refractivity contribution in [1.82, 2.24) is 14.7 Å². The van der Waals surface area contributed by atoms with Gasteiger partial charge in [0.2, 0.25) is 0 Å². The summed E-state index contributed by atoms with van der Waals surface area (Å²) < 4.78 is 27.5. The number of aliphatic carboxylic acids is 1. The summed E-state index contributed by atoms with van der Waals surface area (Å²) in [6.45, 7) is 5.84. The molecule has 0 aliphatic carbocycles. The van der Waals surface area contributed by atoms with E-state index < -0.39 is 23.5 Å². The first-order valence-corrected chi connectivity index (χ1v) is 8.51. The molecule has 1 N–H and O–H groups in total. The third-order valence-corrected chi connectivity index (χ3v) is 4.37. The highest BCUT2D eigenvalue weighted by atomic mass is 19.3. The highest BCUT2D eigenvalue weighted by Gasteiger charge is 2.37. The molecular weight excluding hydrogens is 332 g/mol. The third kappa shape index (κ3) is 5.07. The van der Waals surface area contributed by atoms with Crippen molar-refractivity contribution < 1.29 is 18.7 Å². The van der Waals surface area contributed by atoms with Crippen LogP contribution in [0.15, 0.2) is 10.9 Å². The van der Waals surface area contributed by atoms with Crippen LogP contribution in [0.5, 0.6) is 0 Å². The number of halogens is 2. The number of carboxylic acid groups (broad SMARTS) is 1. The molecule has 1 aliphatic rings. The van der Waals surface area contributed by atoms with Gasteiger partial charge in [-0.2, -0.15) is 5.10 Å². The molecule has 1 unspecified atom stereocenters. The maximum Gasteiger partial charge on any atom is 0.328 e. The van der Waals surface area contributed by atoms with Crippen LogP contribution in [0.4, 0.5) is 8.78 Å². The molecule has 0 aromatic carbocycles. The molecule has 0 radical (unpaired) electrons. The molecule has 1 saturated heterocycles. The van der Waals surface area contributed by atoms with Crippen molar-refractivity contribution in [3.63, 3.8) is 0 Å². The van der Waals surface area contributed by atoms with Gasteiger partial charge in [-0.1, -0.05) is 13.8 Å². The Morgan fingerprint density at radius 1 is 1.44 bits per heavy atom. The molecule has 0 bridgehead atoms. The van der Waals surface area contributed by atoms with Crippen LogP contribution in [0.3, 0.4) is 0 Å². The summed E-state index contributed by atoms with van der Waals surface area (Å²) in [5.74, 6) is -3.65. The average molecular weight is 357 g/mol. The molecule has 25 heavy (non-hydrogen) atoms. The normalized spacial score (nSPS) is 18.6. The number of aryl methyl sites for hydroxylation is 1. The van der Waals surface area contributed by atoms with Crippen LogP contribution in [0.2, 0.25) is 0 Å². The molecule has 1 aromatic rings. The van der Waals surface area contributed by atoms with Gasteiger partial charge in [-0.15, -0.1) is 0 Å². The molecule has 0 spiro atoms. The van der Waals surface area contributed by atoms with Gasteiger partial charge in [0.25, 0.3) is 11.5 Å². The van der Waals surface area contributed by atoms with E-state index in [-0.39, 0.29) is 18.9 Å². The van der Waals surface area contributed by atoms with Crippen molar-refractivity contribution >= 4 is 5.97 Å². The number of rotatable bonds is 7. The lowest BCUT2D eigenvalue weighted by molar-refractivity contribution is -0.141. The third-order valence-electron chi connectivity index (χ3n) is 4.37. The summed E-state index contributed by atoms with van der Waals surface area (Å²) in [4.78, 5) is 25.5. The van der Waals surface area contributed by atoms with Crippen molar-refractivity contribution in [1.29, 1.82) is 0 Å². The maximum absolute atomic E-state index is 13.2. The van der Waals surface area contributed by atoms with Crippen molar-refractivity contribution in [2.45, 2.75) is 52.0 Å². The van der Waals surface area contributed by atoms with Crippen LogP contribution in [0.25, 0.3) is 0 Å². The Kier molecular flexibility index (Phi) is 5.92. The summed E-state index contributed by atoms with van der Waals surface area (Å²) in [5.41, 5.74) is 0.526. The topological polar surface area (TPSA) is 75.4 Å². The van der Waals surface area contributed by atoms with Crippen LogP contribution in [0.1, 0.15) is 44.0 Å². The Bertz CT molecular complexity index is 688. The summed E-state index contributed by atoms with van der Waals surface area (Å²) >= 11 is 0. The maximum atomic E-state index is 13.2. The molecule has 140 valence electrons. The van der Waals surface area contributed by atoms with E-state index >= 15 is 0 Å². The summed E-state index contributed by atoms with van der Waals surface area (Å²) in [7, 11) is 0. The van der Waals surface area contributed by atoms with E-state index in [0.29, 0.717) is 37.2 Å². The smallest absolute Gasteiger partial charge is 0.328 e. The molecule has 2 rings (SSSR count). The van der Waals surface area contributed by atoms with E-state index in [2.05, 4.69) is 5.10 Å². The van der Waals surface area contributed by atoms with Crippen LogP contribution >= 0.6 is 0 Å². The lowest BCUT2D eigenvalue weighted by Crippen LogP contribution is -2.35. The number of carbonyl (C=O) groups is 1. The van der Waals surface area contributed by atoms with Gasteiger partial charge in [0, 0.05) is 31.5 Å². The fourth-order valence-electron chi connectivity index (χ4n) is 3.06. The fourth-order valence-corrected chi connectivity index (χ4v) is 3.06. The summed E-state index contributed by atoms with van der Waals surface area (Å²) in [6.07, 6.45) is 0.545. The van der Waals surface area contributed by atoms with E-state index in [1.165, 1.54) is 0 Å². The van der Waals surface area contributed by atoms with Gasteiger partial charge in [0.15, 0.2) is 6.04 Å². The number of hydrogen-bond donors (Lipinski definition) is 1. The van der Waals surface area contributed by atoms with Gasteiger partial charge in [-0.05, 0) is 25.3 Å². The molecule has 8 heteroatoms. The quantitative estimate of drug-likeness (QED) is 0.809. The second kappa shape index (κ2) is 7.59. The van der Waals surface area contributed by atoms with Crippen molar-refractivity contribution in [2.24, 2.45) is 5.92 Å². The highest BCUT2D eigenvalue weighted by Crippen LogP contribution is 2.26. The van der Waals surface area contributed by atoms with Crippen LogP contribution in [-0.4, -0.2) is 51.3 Å². The Hall–Kier alpha value is -1.83. The summed E-state index contributed by atoms with van der Waals surface area (Å²) in [5, 5.41) is 13.7. The Balaban J connectivity index is 2.19. The minimum absolute atomic E-state index is 0.0885. The van der Waals surface area contributed by atoms with Crippen LogP contribution in [-0.2, 0) is 11.2 Å². The fraction of sp³-hybridized carbons (Fsp3) is 0.706. The number of carboxylic acids is 1. The van der Waals surface area contributed by atoms with Crippen molar-refractivity contribution in [3.8, 4) is 0 Å². The van der Waals surface area contributed by atoms with Gasteiger partial charge in [-0.25, -0.2) is 18.3 Å². The van der Waals surface area contributed by atoms with Crippen LogP contribution < -0.4 is 5.56 Å². The monoisotopic (exact) mass is 357 g/mol. The zero-order valence-electron chi connectivity index (χ0n) is 14.8. The molecule has 1 aromatic heterocycles. The predicted molar refractivity (Wildman–Crippen MR) is 89.1 cm³/mol. The van der Waals surface area contributed by atoms with Gasteiger partial charge in [0.1, 0.15) is 0 Å². The molecule has 1 fully saturated rings.